The van der Waals surface area contributed by atoms with E-state index in [2.05, 4.69) is 15.3 Å². The van der Waals surface area contributed by atoms with Gasteiger partial charge in [-0.15, -0.1) is 0 Å². The monoisotopic (exact) mass is 295 g/mol. The van der Waals surface area contributed by atoms with Gasteiger partial charge in [0.15, 0.2) is 0 Å². The summed E-state index contributed by atoms with van der Waals surface area (Å²) in [7, 11) is 1.65. The summed E-state index contributed by atoms with van der Waals surface area (Å²) in [6.45, 7) is 2.58. The normalized spacial score (nSPS) is 10.6. The first-order valence-corrected chi connectivity index (χ1v) is 6.91. The molecule has 0 aliphatic rings. The van der Waals surface area contributed by atoms with Gasteiger partial charge in [-0.2, -0.15) is 15.3 Å². The molecule has 0 aliphatic heterocycles. The molecule has 0 bridgehead atoms. The van der Waals surface area contributed by atoms with Crippen LogP contribution in [-0.4, -0.2) is 27.1 Å². The maximum absolute atomic E-state index is 6.07. The molecule has 0 saturated heterocycles. The zero-order valence-electron chi connectivity index (χ0n) is 12.5. The van der Waals surface area contributed by atoms with Crippen LogP contribution >= 0.6 is 0 Å². The Bertz CT molecular complexity index is 779. The van der Waals surface area contributed by atoms with Gasteiger partial charge in [-0.25, -0.2) is 4.68 Å². The maximum Gasteiger partial charge on any atom is 0.122 e. The molecule has 1 aromatic carbocycles. The van der Waals surface area contributed by atoms with E-state index in [0.717, 1.165) is 28.1 Å². The Kier molecular flexibility index (Phi) is 3.74. The van der Waals surface area contributed by atoms with Crippen molar-refractivity contribution < 1.29 is 4.74 Å². The molecule has 0 aliphatic carbocycles. The number of ether oxygens (including phenoxy) is 1. The van der Waals surface area contributed by atoms with E-state index in [-0.39, 0.29) is 0 Å². The van der Waals surface area contributed by atoms with Crippen LogP contribution in [-0.2, 0) is 6.54 Å². The predicted molar refractivity (Wildman–Crippen MR) is 84.5 cm³/mol. The van der Waals surface area contributed by atoms with Crippen molar-refractivity contribution in [2.75, 3.05) is 12.8 Å². The van der Waals surface area contributed by atoms with Gasteiger partial charge in [-0.1, -0.05) is 12.1 Å². The lowest BCUT2D eigenvalue weighted by Gasteiger charge is -2.05. The lowest BCUT2D eigenvalue weighted by atomic mass is 10.1. The highest BCUT2D eigenvalue weighted by atomic mass is 16.5. The molecule has 6 nitrogen and oxygen atoms in total. The van der Waals surface area contributed by atoms with Crippen LogP contribution in [0.5, 0.6) is 5.75 Å². The third kappa shape index (κ3) is 2.76. The Morgan fingerprint density at radius 1 is 1.14 bits per heavy atom. The minimum Gasteiger partial charge on any atom is -0.497 e. The number of aryl methyl sites for hydroxylation is 1. The van der Waals surface area contributed by atoms with Crippen LogP contribution in [0.25, 0.3) is 11.3 Å². The second-order valence-corrected chi connectivity index (χ2v) is 5.05. The minimum absolute atomic E-state index is 0.605. The number of rotatable bonds is 4. The molecule has 0 saturated carbocycles. The van der Waals surface area contributed by atoms with Crippen molar-refractivity contribution in [2.24, 2.45) is 0 Å². The van der Waals surface area contributed by atoms with E-state index in [9.17, 15) is 0 Å². The summed E-state index contributed by atoms with van der Waals surface area (Å²) in [5, 5.41) is 12.3. The van der Waals surface area contributed by atoms with Crippen LogP contribution in [0.1, 0.15) is 11.1 Å². The van der Waals surface area contributed by atoms with Gasteiger partial charge in [0, 0.05) is 11.6 Å². The zero-order chi connectivity index (χ0) is 15.5. The van der Waals surface area contributed by atoms with Gasteiger partial charge in [0.2, 0.25) is 0 Å². The number of aromatic nitrogens is 4. The molecular formula is C16H17N5O. The van der Waals surface area contributed by atoms with E-state index in [0.29, 0.717) is 12.4 Å². The van der Waals surface area contributed by atoms with Crippen molar-refractivity contribution in [3.8, 4) is 17.0 Å². The second-order valence-electron chi connectivity index (χ2n) is 5.05. The maximum atomic E-state index is 6.07. The van der Waals surface area contributed by atoms with Gasteiger partial charge in [0.1, 0.15) is 11.6 Å². The smallest absolute Gasteiger partial charge is 0.122 e. The lowest BCUT2D eigenvalue weighted by molar-refractivity contribution is 0.414. The number of hydrogen-bond acceptors (Lipinski definition) is 5. The van der Waals surface area contributed by atoms with Crippen LogP contribution < -0.4 is 10.5 Å². The van der Waals surface area contributed by atoms with Crippen molar-refractivity contribution in [3.63, 3.8) is 0 Å². The summed E-state index contributed by atoms with van der Waals surface area (Å²) in [5.41, 5.74) is 9.94. The van der Waals surface area contributed by atoms with Gasteiger partial charge >= 0.3 is 0 Å². The number of hydrogen-bond donors (Lipinski definition) is 1. The molecule has 0 unspecified atom stereocenters. The molecule has 3 aromatic rings. The molecule has 2 aromatic heterocycles. The Morgan fingerprint density at radius 3 is 2.55 bits per heavy atom. The number of nitrogens with two attached hydrogens (primary N) is 1. The Morgan fingerprint density at radius 2 is 1.86 bits per heavy atom. The van der Waals surface area contributed by atoms with Gasteiger partial charge in [0.05, 0.1) is 31.7 Å². The number of benzene rings is 1. The van der Waals surface area contributed by atoms with Crippen LogP contribution in [0.3, 0.4) is 0 Å². The van der Waals surface area contributed by atoms with Crippen LogP contribution in [0.15, 0.2) is 42.7 Å². The highest BCUT2D eigenvalue weighted by molar-refractivity contribution is 5.64. The first-order chi connectivity index (χ1) is 10.7. The van der Waals surface area contributed by atoms with Gasteiger partial charge in [-0.3, -0.25) is 0 Å². The van der Waals surface area contributed by atoms with Crippen LogP contribution in [0.2, 0.25) is 0 Å². The first kappa shape index (κ1) is 14.1. The fourth-order valence-corrected chi connectivity index (χ4v) is 2.24. The minimum atomic E-state index is 0.605. The fraction of sp³-hybridized carbons (Fsp3) is 0.188. The van der Waals surface area contributed by atoms with Crippen molar-refractivity contribution in [1.29, 1.82) is 0 Å². The zero-order valence-corrected chi connectivity index (χ0v) is 12.5. The standard InChI is InChI=1S/C16H17N5O/c1-11-8-18-19-9-14(11)15-7-16(17)21(20-15)10-12-3-5-13(22-2)6-4-12/h3-9H,10,17H2,1-2H3. The molecule has 0 fully saturated rings. The highest BCUT2D eigenvalue weighted by Crippen LogP contribution is 2.23. The topological polar surface area (TPSA) is 78.8 Å². The average Bonchev–Trinajstić information content (AvgIpc) is 2.89. The van der Waals surface area contributed by atoms with Crippen molar-refractivity contribution in [2.45, 2.75) is 13.5 Å². The van der Waals surface area contributed by atoms with Gasteiger partial charge in [-0.05, 0) is 30.2 Å². The summed E-state index contributed by atoms with van der Waals surface area (Å²) in [4.78, 5) is 0. The number of anilines is 1. The largest absolute Gasteiger partial charge is 0.497 e. The summed E-state index contributed by atoms with van der Waals surface area (Å²) >= 11 is 0. The van der Waals surface area contributed by atoms with Gasteiger partial charge < -0.3 is 10.5 Å². The van der Waals surface area contributed by atoms with Crippen molar-refractivity contribution in [1.82, 2.24) is 20.0 Å². The molecule has 2 N–H and O–H groups in total. The van der Waals surface area contributed by atoms with E-state index >= 15 is 0 Å². The number of nitrogens with zero attached hydrogens (tertiary/aromatic N) is 4. The lowest BCUT2D eigenvalue weighted by Crippen LogP contribution is -2.05. The van der Waals surface area contributed by atoms with Crippen LogP contribution in [0, 0.1) is 6.92 Å². The molecule has 0 amide bonds. The van der Waals surface area contributed by atoms with E-state index in [4.69, 9.17) is 10.5 Å². The Balaban J connectivity index is 1.87. The average molecular weight is 295 g/mol. The molecule has 112 valence electrons. The molecule has 0 spiro atoms. The predicted octanol–water partition coefficient (Wildman–Crippen LogP) is 2.29. The van der Waals surface area contributed by atoms with Crippen molar-refractivity contribution in [3.05, 3.63) is 53.9 Å². The summed E-state index contributed by atoms with van der Waals surface area (Å²) in [5.74, 6) is 1.44. The Labute approximate surface area is 128 Å². The van der Waals surface area contributed by atoms with Crippen molar-refractivity contribution >= 4 is 5.82 Å². The highest BCUT2D eigenvalue weighted by Gasteiger charge is 2.10. The van der Waals surface area contributed by atoms with E-state index < -0.39 is 0 Å². The van der Waals surface area contributed by atoms with E-state index in [1.165, 1.54) is 0 Å². The molecule has 0 atom stereocenters. The molecule has 2 heterocycles. The molecule has 0 radical (unpaired) electrons. The molecule has 6 heteroatoms. The number of nitrogen functional groups attached to an aromatic ring is 1. The first-order valence-electron chi connectivity index (χ1n) is 6.91. The molecular weight excluding hydrogens is 278 g/mol. The number of methoxy groups -OCH3 is 1. The summed E-state index contributed by atoms with van der Waals surface area (Å²) in [6, 6.07) is 9.70. The third-order valence-electron chi connectivity index (χ3n) is 3.51. The SMILES string of the molecule is COc1ccc(Cn2nc(-c3cnncc3C)cc2N)cc1. The Hall–Kier alpha value is -2.89. The quantitative estimate of drug-likeness (QED) is 0.799. The van der Waals surface area contributed by atoms with E-state index in [1.54, 1.807) is 24.2 Å². The molecule has 22 heavy (non-hydrogen) atoms. The third-order valence-corrected chi connectivity index (χ3v) is 3.51. The summed E-state index contributed by atoms with van der Waals surface area (Å²) in [6.07, 6.45) is 3.42. The molecule has 3 rings (SSSR count). The fourth-order valence-electron chi connectivity index (χ4n) is 2.24. The second kappa shape index (κ2) is 5.85. The van der Waals surface area contributed by atoms with Crippen LogP contribution in [0.4, 0.5) is 5.82 Å². The van der Waals surface area contributed by atoms with Gasteiger partial charge in [0.25, 0.3) is 0 Å². The van der Waals surface area contributed by atoms with E-state index in [1.807, 2.05) is 37.3 Å². The summed E-state index contributed by atoms with van der Waals surface area (Å²) < 4.78 is 6.93.